The molecule has 2 amide bonds. The molecule has 0 aliphatic rings. The van der Waals surface area contributed by atoms with Crippen LogP contribution in [0.3, 0.4) is 0 Å². The van der Waals surface area contributed by atoms with Gasteiger partial charge in [-0.15, -0.1) is 0 Å². The van der Waals surface area contributed by atoms with Gasteiger partial charge in [-0.05, 0) is 41.8 Å². The molecule has 6 nitrogen and oxygen atoms in total. The van der Waals surface area contributed by atoms with Crippen molar-refractivity contribution in [1.82, 2.24) is 5.32 Å². The van der Waals surface area contributed by atoms with E-state index in [2.05, 4.69) is 22.8 Å². The summed E-state index contributed by atoms with van der Waals surface area (Å²) < 4.78 is 5.65. The van der Waals surface area contributed by atoms with Gasteiger partial charge in [0.1, 0.15) is 5.75 Å². The van der Waals surface area contributed by atoms with Gasteiger partial charge in [0.2, 0.25) is 0 Å². The Morgan fingerprint density at radius 2 is 1.36 bits per heavy atom. The Labute approximate surface area is 209 Å². The number of amides is 2. The fourth-order valence-corrected chi connectivity index (χ4v) is 3.69. The van der Waals surface area contributed by atoms with Gasteiger partial charge in [0.25, 0.3) is 11.8 Å². The van der Waals surface area contributed by atoms with E-state index in [0.29, 0.717) is 11.3 Å². The lowest BCUT2D eigenvalue weighted by Crippen LogP contribution is -2.30. The lowest BCUT2D eigenvalue weighted by atomic mass is 10.0. The highest BCUT2D eigenvalue weighted by Crippen LogP contribution is 2.19. The number of ketones is 1. The third kappa shape index (κ3) is 6.90. The van der Waals surface area contributed by atoms with Crippen molar-refractivity contribution < 1.29 is 19.1 Å². The number of nitrogens with one attached hydrogen (secondary N) is 2. The molecular weight excluding hydrogens is 452 g/mol. The summed E-state index contributed by atoms with van der Waals surface area (Å²) in [4.78, 5) is 37.5. The van der Waals surface area contributed by atoms with Crippen LogP contribution in [0.15, 0.2) is 109 Å². The lowest BCUT2D eigenvalue weighted by molar-refractivity contribution is -0.118. The van der Waals surface area contributed by atoms with E-state index in [1.165, 1.54) is 5.56 Å². The van der Waals surface area contributed by atoms with Crippen LogP contribution >= 0.6 is 0 Å². The van der Waals surface area contributed by atoms with Gasteiger partial charge in [0.15, 0.2) is 12.4 Å². The average molecular weight is 479 g/mol. The summed E-state index contributed by atoms with van der Waals surface area (Å²) in [6.07, 6.45) is 0.760. The van der Waals surface area contributed by atoms with Gasteiger partial charge < -0.3 is 15.4 Å². The van der Waals surface area contributed by atoms with Crippen LogP contribution in [0, 0.1) is 0 Å². The highest BCUT2D eigenvalue weighted by molar-refractivity contribution is 6.03. The molecule has 180 valence electrons. The second-order valence-corrected chi connectivity index (χ2v) is 8.17. The maximum Gasteiger partial charge on any atom is 0.262 e. The zero-order chi connectivity index (χ0) is 25.2. The Kier molecular flexibility index (Phi) is 8.22. The minimum atomic E-state index is -0.455. The van der Waals surface area contributed by atoms with E-state index in [-0.39, 0.29) is 36.2 Å². The number of benzene rings is 4. The van der Waals surface area contributed by atoms with E-state index in [9.17, 15) is 14.4 Å². The van der Waals surface area contributed by atoms with Crippen LogP contribution in [0.25, 0.3) is 0 Å². The number of rotatable bonds is 10. The van der Waals surface area contributed by atoms with Gasteiger partial charge in [-0.3, -0.25) is 14.4 Å². The van der Waals surface area contributed by atoms with Crippen molar-refractivity contribution in [2.75, 3.05) is 18.5 Å². The third-order valence-electron chi connectivity index (χ3n) is 5.46. The topological polar surface area (TPSA) is 84.5 Å². The summed E-state index contributed by atoms with van der Waals surface area (Å²) in [5, 5.41) is 5.46. The fourth-order valence-electron chi connectivity index (χ4n) is 3.69. The third-order valence-corrected chi connectivity index (χ3v) is 5.46. The van der Waals surface area contributed by atoms with Crippen molar-refractivity contribution >= 4 is 23.3 Å². The van der Waals surface area contributed by atoms with Gasteiger partial charge in [-0.1, -0.05) is 84.9 Å². The molecule has 4 aromatic carbocycles. The number of hydrogen-bond acceptors (Lipinski definition) is 4. The molecule has 0 unspecified atom stereocenters. The molecule has 0 spiro atoms. The first kappa shape index (κ1) is 24.4. The highest BCUT2D eigenvalue weighted by Gasteiger charge is 2.15. The molecule has 0 aromatic heterocycles. The number of para-hydroxylation sites is 1. The summed E-state index contributed by atoms with van der Waals surface area (Å²) in [6, 6.07) is 33.1. The van der Waals surface area contributed by atoms with E-state index in [1.807, 2.05) is 48.5 Å². The Bertz CT molecular complexity index is 1340. The highest BCUT2D eigenvalue weighted by atomic mass is 16.5. The first-order chi connectivity index (χ1) is 17.6. The summed E-state index contributed by atoms with van der Waals surface area (Å²) in [5.74, 6) is -0.739. The summed E-state index contributed by atoms with van der Waals surface area (Å²) in [7, 11) is 0. The molecule has 0 saturated heterocycles. The number of hydrogen-bond donors (Lipinski definition) is 2. The number of ether oxygens (including phenoxy) is 1. The maximum absolute atomic E-state index is 12.7. The van der Waals surface area contributed by atoms with Crippen molar-refractivity contribution in [3.63, 3.8) is 0 Å². The van der Waals surface area contributed by atoms with Crippen LogP contribution in [0.1, 0.15) is 31.8 Å². The SMILES string of the molecule is O=C(COc1ccccc1C(=O)NCC(=O)c1ccccc1)Nc1cccc(Cc2ccccc2)c1. The standard InChI is InChI=1S/C30H26N2O4/c33-27(24-13-5-2-6-14-24)20-31-30(35)26-16-7-8-17-28(26)36-21-29(34)32-25-15-9-12-23(19-25)18-22-10-3-1-4-11-22/h1-17,19H,18,20-21H2,(H,31,35)(H,32,34). The molecule has 2 N–H and O–H groups in total. The van der Waals surface area contributed by atoms with Gasteiger partial charge in [0, 0.05) is 11.3 Å². The summed E-state index contributed by atoms with van der Waals surface area (Å²) in [5.41, 5.74) is 3.70. The average Bonchev–Trinajstić information content (AvgIpc) is 2.92. The second kappa shape index (κ2) is 12.1. The van der Waals surface area contributed by atoms with Crippen LogP contribution in [0.5, 0.6) is 5.75 Å². The molecular formula is C30H26N2O4. The largest absolute Gasteiger partial charge is 0.483 e. The predicted molar refractivity (Wildman–Crippen MR) is 139 cm³/mol. The van der Waals surface area contributed by atoms with Gasteiger partial charge in [-0.25, -0.2) is 0 Å². The second-order valence-electron chi connectivity index (χ2n) is 8.17. The zero-order valence-corrected chi connectivity index (χ0v) is 19.6. The monoisotopic (exact) mass is 478 g/mol. The zero-order valence-electron chi connectivity index (χ0n) is 19.6. The first-order valence-electron chi connectivity index (χ1n) is 11.6. The Morgan fingerprint density at radius 3 is 2.14 bits per heavy atom. The van der Waals surface area contributed by atoms with Crippen molar-refractivity contribution in [1.29, 1.82) is 0 Å². The van der Waals surface area contributed by atoms with Crippen LogP contribution in [-0.2, 0) is 11.2 Å². The predicted octanol–water partition coefficient (Wildman–Crippen LogP) is 4.91. The normalized spacial score (nSPS) is 10.3. The van der Waals surface area contributed by atoms with Gasteiger partial charge >= 0.3 is 0 Å². The van der Waals surface area contributed by atoms with Crippen molar-refractivity contribution in [2.24, 2.45) is 0 Å². The van der Waals surface area contributed by atoms with Crippen LogP contribution in [0.2, 0.25) is 0 Å². The quantitative estimate of drug-likeness (QED) is 0.317. The number of carbonyl (C=O) groups excluding carboxylic acids is 3. The minimum Gasteiger partial charge on any atom is -0.483 e. The van der Waals surface area contributed by atoms with Crippen LogP contribution in [0.4, 0.5) is 5.69 Å². The first-order valence-corrected chi connectivity index (χ1v) is 11.6. The smallest absolute Gasteiger partial charge is 0.262 e. The molecule has 0 atom stereocenters. The molecule has 0 saturated carbocycles. The molecule has 0 radical (unpaired) electrons. The lowest BCUT2D eigenvalue weighted by Gasteiger charge is -2.12. The Balaban J connectivity index is 1.32. The molecule has 36 heavy (non-hydrogen) atoms. The molecule has 6 heteroatoms. The van der Waals surface area contributed by atoms with Crippen molar-refractivity contribution in [3.05, 3.63) is 131 Å². The molecule has 4 aromatic rings. The maximum atomic E-state index is 12.7. The van der Waals surface area contributed by atoms with E-state index < -0.39 is 5.91 Å². The van der Waals surface area contributed by atoms with Crippen LogP contribution < -0.4 is 15.4 Å². The fraction of sp³-hybridized carbons (Fsp3) is 0.100. The Hall–Kier alpha value is -4.71. The summed E-state index contributed by atoms with van der Waals surface area (Å²) in [6.45, 7) is -0.410. The number of Topliss-reactive ketones (excluding diaryl/α,β-unsaturated/α-hetero) is 1. The Morgan fingerprint density at radius 1 is 0.694 bits per heavy atom. The molecule has 4 rings (SSSR count). The molecule has 0 bridgehead atoms. The minimum absolute atomic E-state index is 0.142. The van der Waals surface area contributed by atoms with Gasteiger partial charge in [0.05, 0.1) is 12.1 Å². The van der Waals surface area contributed by atoms with Gasteiger partial charge in [-0.2, -0.15) is 0 Å². The van der Waals surface area contributed by atoms with Crippen molar-refractivity contribution in [3.8, 4) is 5.75 Å². The molecule has 0 fully saturated rings. The van der Waals surface area contributed by atoms with E-state index in [4.69, 9.17) is 4.74 Å². The molecule has 0 aliphatic carbocycles. The number of carbonyl (C=O) groups is 3. The van der Waals surface area contributed by atoms with Crippen molar-refractivity contribution in [2.45, 2.75) is 6.42 Å². The van der Waals surface area contributed by atoms with E-state index in [1.54, 1.807) is 48.5 Å². The van der Waals surface area contributed by atoms with E-state index >= 15 is 0 Å². The number of anilines is 1. The van der Waals surface area contributed by atoms with Crippen LogP contribution in [-0.4, -0.2) is 30.7 Å². The molecule has 0 heterocycles. The molecule has 0 aliphatic heterocycles. The summed E-state index contributed by atoms with van der Waals surface area (Å²) >= 11 is 0. The van der Waals surface area contributed by atoms with E-state index in [0.717, 1.165) is 12.0 Å².